The summed E-state index contributed by atoms with van der Waals surface area (Å²) >= 11 is 0. The molecule has 1 aliphatic carbocycles. The van der Waals surface area contributed by atoms with Gasteiger partial charge < -0.3 is 19.8 Å². The molecule has 2 atom stereocenters. The number of hydrogen-bond donors (Lipinski definition) is 2. The van der Waals surface area contributed by atoms with Crippen molar-refractivity contribution in [2.24, 2.45) is 17.8 Å². The Morgan fingerprint density at radius 1 is 1.14 bits per heavy atom. The number of piperidine rings is 1. The highest BCUT2D eigenvalue weighted by molar-refractivity contribution is 5.89. The highest BCUT2D eigenvalue weighted by Crippen LogP contribution is 2.38. The van der Waals surface area contributed by atoms with E-state index in [9.17, 15) is 14.0 Å². The lowest BCUT2D eigenvalue weighted by molar-refractivity contribution is -0.134. The molecular formula is C21H28FNO5. The van der Waals surface area contributed by atoms with E-state index in [2.05, 4.69) is 11.8 Å². The van der Waals surface area contributed by atoms with Crippen LogP contribution in [0.4, 0.5) is 4.39 Å². The molecule has 2 N–H and O–H groups in total. The van der Waals surface area contributed by atoms with Gasteiger partial charge in [-0.1, -0.05) is 6.92 Å². The number of ether oxygens (including phenoxy) is 1. The zero-order valence-electron chi connectivity index (χ0n) is 16.1. The number of likely N-dealkylation sites (tertiary alicyclic amines) is 1. The number of halogens is 1. The van der Waals surface area contributed by atoms with Crippen molar-refractivity contribution in [3.8, 4) is 5.75 Å². The minimum atomic E-state index is -1.26. The number of aliphatic carboxylic acids is 2. The van der Waals surface area contributed by atoms with Gasteiger partial charge in [-0.05, 0) is 74.4 Å². The topological polar surface area (TPSA) is 87.1 Å². The standard InChI is InChI=1S/C17H24FNO.C4H4O4/c1-13-10-15(13)11-19-8-6-14(7-9-19)12-20-17-4-2-16(18)3-5-17;5-3(6)1-2-4(7)8/h2-5,13-15H,6-12H2,1H3;1-2H,(H,5,6)(H,7,8)/b;2-1-. The maximum atomic E-state index is 12.8. The second kappa shape index (κ2) is 10.8. The van der Waals surface area contributed by atoms with Crippen LogP contribution < -0.4 is 4.74 Å². The molecule has 1 saturated carbocycles. The number of carboxylic acid groups (broad SMARTS) is 2. The van der Waals surface area contributed by atoms with Crippen LogP contribution in [0.3, 0.4) is 0 Å². The molecule has 3 rings (SSSR count). The number of carbonyl (C=O) groups is 2. The van der Waals surface area contributed by atoms with E-state index in [-0.39, 0.29) is 5.82 Å². The summed E-state index contributed by atoms with van der Waals surface area (Å²) in [7, 11) is 0. The zero-order chi connectivity index (χ0) is 20.5. The third kappa shape index (κ3) is 8.52. The number of benzene rings is 1. The fourth-order valence-corrected chi connectivity index (χ4v) is 3.21. The van der Waals surface area contributed by atoms with Crippen molar-refractivity contribution in [3.63, 3.8) is 0 Å². The highest BCUT2D eigenvalue weighted by Gasteiger charge is 2.34. The predicted molar refractivity (Wildman–Crippen MR) is 103 cm³/mol. The molecule has 0 aromatic heterocycles. The summed E-state index contributed by atoms with van der Waals surface area (Å²) in [6.45, 7) is 6.83. The van der Waals surface area contributed by atoms with Crippen molar-refractivity contribution in [3.05, 3.63) is 42.2 Å². The van der Waals surface area contributed by atoms with Crippen molar-refractivity contribution in [1.29, 1.82) is 0 Å². The van der Waals surface area contributed by atoms with Gasteiger partial charge in [0.2, 0.25) is 0 Å². The summed E-state index contributed by atoms with van der Waals surface area (Å²) < 4.78 is 18.6. The average Bonchev–Trinajstić information content (AvgIpc) is 3.36. The molecule has 1 heterocycles. The Kier molecular flexibility index (Phi) is 8.44. The largest absolute Gasteiger partial charge is 0.493 e. The van der Waals surface area contributed by atoms with Crippen molar-refractivity contribution in [2.45, 2.75) is 26.2 Å². The summed E-state index contributed by atoms with van der Waals surface area (Å²) in [5.74, 6) is 0.616. The highest BCUT2D eigenvalue weighted by atomic mass is 19.1. The number of rotatable bonds is 7. The van der Waals surface area contributed by atoms with Crippen LogP contribution in [0.2, 0.25) is 0 Å². The fourth-order valence-electron chi connectivity index (χ4n) is 3.21. The normalized spacial score (nSPS) is 22.4. The molecule has 7 heteroatoms. The van der Waals surface area contributed by atoms with Crippen molar-refractivity contribution < 1.29 is 28.9 Å². The lowest BCUT2D eigenvalue weighted by atomic mass is 9.97. The van der Waals surface area contributed by atoms with E-state index >= 15 is 0 Å². The minimum Gasteiger partial charge on any atom is -0.493 e. The Balaban J connectivity index is 0.000000300. The molecule has 2 unspecified atom stereocenters. The molecule has 0 bridgehead atoms. The average molecular weight is 393 g/mol. The fraction of sp³-hybridized carbons (Fsp3) is 0.524. The molecule has 2 aliphatic rings. The monoisotopic (exact) mass is 393 g/mol. The Morgan fingerprint density at radius 2 is 1.68 bits per heavy atom. The van der Waals surface area contributed by atoms with Crippen LogP contribution >= 0.6 is 0 Å². The third-order valence-corrected chi connectivity index (χ3v) is 5.14. The van der Waals surface area contributed by atoms with E-state index in [4.69, 9.17) is 14.9 Å². The van der Waals surface area contributed by atoms with E-state index in [1.54, 1.807) is 12.1 Å². The number of hydrogen-bond acceptors (Lipinski definition) is 4. The van der Waals surface area contributed by atoms with E-state index in [0.29, 0.717) is 18.1 Å². The summed E-state index contributed by atoms with van der Waals surface area (Å²) in [5.41, 5.74) is 0. The van der Waals surface area contributed by atoms with Gasteiger partial charge in [-0.2, -0.15) is 0 Å². The Labute approximate surface area is 164 Å². The first kappa shape index (κ1) is 21.9. The molecular weight excluding hydrogens is 365 g/mol. The molecule has 0 amide bonds. The number of carboxylic acids is 2. The van der Waals surface area contributed by atoms with Gasteiger partial charge in [0.15, 0.2) is 0 Å². The second-order valence-corrected chi connectivity index (χ2v) is 7.49. The Bertz CT molecular complexity index is 652. The Morgan fingerprint density at radius 3 is 2.14 bits per heavy atom. The van der Waals surface area contributed by atoms with Crippen LogP contribution in [-0.4, -0.2) is 53.3 Å². The van der Waals surface area contributed by atoms with Gasteiger partial charge in [0.25, 0.3) is 0 Å². The van der Waals surface area contributed by atoms with Gasteiger partial charge in [0.05, 0.1) is 6.61 Å². The Hall–Kier alpha value is -2.41. The second-order valence-electron chi connectivity index (χ2n) is 7.49. The first-order valence-corrected chi connectivity index (χ1v) is 9.58. The van der Waals surface area contributed by atoms with Crippen LogP contribution in [0, 0.1) is 23.6 Å². The molecule has 0 spiro atoms. The van der Waals surface area contributed by atoms with Gasteiger partial charge >= 0.3 is 11.9 Å². The van der Waals surface area contributed by atoms with E-state index in [1.165, 1.54) is 51.0 Å². The van der Waals surface area contributed by atoms with Gasteiger partial charge in [-0.25, -0.2) is 14.0 Å². The molecule has 2 fully saturated rings. The summed E-state index contributed by atoms with van der Waals surface area (Å²) in [6, 6.07) is 6.32. The summed E-state index contributed by atoms with van der Waals surface area (Å²) in [4.78, 5) is 21.7. The molecule has 6 nitrogen and oxygen atoms in total. The molecule has 1 aliphatic heterocycles. The maximum absolute atomic E-state index is 12.8. The van der Waals surface area contributed by atoms with Gasteiger partial charge in [-0.3, -0.25) is 0 Å². The molecule has 0 radical (unpaired) electrons. The molecule has 1 aromatic carbocycles. The van der Waals surface area contributed by atoms with Gasteiger partial charge in [0, 0.05) is 18.7 Å². The smallest absolute Gasteiger partial charge is 0.328 e. The molecule has 1 saturated heterocycles. The zero-order valence-corrected chi connectivity index (χ0v) is 16.1. The van der Waals surface area contributed by atoms with Gasteiger partial charge in [0.1, 0.15) is 11.6 Å². The maximum Gasteiger partial charge on any atom is 0.328 e. The molecule has 1 aromatic rings. The van der Waals surface area contributed by atoms with Gasteiger partial charge in [-0.15, -0.1) is 0 Å². The quantitative estimate of drug-likeness (QED) is 0.692. The van der Waals surface area contributed by atoms with Crippen LogP contribution in [0.25, 0.3) is 0 Å². The minimum absolute atomic E-state index is 0.208. The van der Waals surface area contributed by atoms with Crippen molar-refractivity contribution >= 4 is 11.9 Å². The summed E-state index contributed by atoms with van der Waals surface area (Å²) in [5, 5.41) is 15.6. The third-order valence-electron chi connectivity index (χ3n) is 5.14. The van der Waals surface area contributed by atoms with E-state index < -0.39 is 11.9 Å². The summed E-state index contributed by atoms with van der Waals surface area (Å²) in [6.07, 6.45) is 4.99. The number of nitrogens with zero attached hydrogens (tertiary/aromatic N) is 1. The van der Waals surface area contributed by atoms with E-state index in [1.807, 2.05) is 0 Å². The van der Waals surface area contributed by atoms with Crippen molar-refractivity contribution in [1.82, 2.24) is 4.90 Å². The molecule has 28 heavy (non-hydrogen) atoms. The first-order valence-electron chi connectivity index (χ1n) is 9.58. The first-order chi connectivity index (χ1) is 13.3. The predicted octanol–water partition coefficient (Wildman–Crippen LogP) is 3.28. The van der Waals surface area contributed by atoms with Crippen LogP contribution in [0.15, 0.2) is 36.4 Å². The van der Waals surface area contributed by atoms with Crippen LogP contribution in [0.5, 0.6) is 5.75 Å². The lowest BCUT2D eigenvalue weighted by Gasteiger charge is -2.31. The van der Waals surface area contributed by atoms with Crippen molar-refractivity contribution in [2.75, 3.05) is 26.2 Å². The van der Waals surface area contributed by atoms with E-state index in [0.717, 1.165) is 24.2 Å². The van der Waals surface area contributed by atoms with Crippen LogP contribution in [0.1, 0.15) is 26.2 Å². The molecule has 154 valence electrons. The lowest BCUT2D eigenvalue weighted by Crippen LogP contribution is -2.36. The SMILES string of the molecule is CC1CC1CN1CCC(COc2ccc(F)cc2)CC1.O=C(O)/C=C\C(=O)O. The van der Waals surface area contributed by atoms with Crippen LogP contribution in [-0.2, 0) is 9.59 Å².